The number of aliphatic hydroxyl groups excluding tert-OH is 10. The van der Waals surface area contributed by atoms with Gasteiger partial charge in [-0.3, -0.25) is 19.2 Å². The Balaban J connectivity index is 1.20. The Kier molecular flexibility index (Phi) is 21.1. The van der Waals surface area contributed by atoms with Crippen LogP contribution in [0.3, 0.4) is 0 Å². The number of ether oxygens (including phenoxy) is 6. The minimum absolute atomic E-state index is 0.0405. The molecule has 10 N–H and O–H groups in total. The van der Waals surface area contributed by atoms with E-state index in [1.807, 2.05) is 4.90 Å². The topological polar surface area (TPSA) is 388 Å². The van der Waals surface area contributed by atoms with Crippen LogP contribution in [0.15, 0.2) is 0 Å². The van der Waals surface area contributed by atoms with E-state index >= 15 is 0 Å². The highest BCUT2D eigenvalue weighted by molar-refractivity contribution is 6.02. The van der Waals surface area contributed by atoms with E-state index in [-0.39, 0.29) is 51.7 Å². The molecule has 5 heterocycles. The van der Waals surface area contributed by atoms with Crippen molar-refractivity contribution in [3.63, 3.8) is 0 Å². The summed E-state index contributed by atoms with van der Waals surface area (Å²) in [5.41, 5.74) is 0. The number of hydroxylamine groups is 4. The Morgan fingerprint density at radius 3 is 1.42 bits per heavy atom. The highest BCUT2D eigenvalue weighted by Crippen LogP contribution is 2.31. The Hall–Kier alpha value is -3.46. The number of amides is 4. The minimum atomic E-state index is -1.94. The quantitative estimate of drug-likeness (QED) is 0.0301. The predicted molar refractivity (Wildman–Crippen MR) is 213 cm³/mol. The summed E-state index contributed by atoms with van der Waals surface area (Å²) in [6.45, 7) is -1.33. The van der Waals surface area contributed by atoms with Crippen molar-refractivity contribution in [1.29, 1.82) is 0 Å². The molecule has 0 spiro atoms. The summed E-state index contributed by atoms with van der Waals surface area (Å²) in [6.07, 6.45) is -23.2. The van der Waals surface area contributed by atoms with Gasteiger partial charge >= 0.3 is 11.9 Å². The molecule has 0 aliphatic carbocycles. The molecule has 0 aromatic rings. The first-order valence-corrected chi connectivity index (χ1v) is 22.3. The number of imide groups is 2. The van der Waals surface area contributed by atoms with E-state index < -0.39 is 148 Å². The maximum Gasteiger partial charge on any atom is 0.333 e. The first-order chi connectivity index (χ1) is 31.9. The molecule has 67 heavy (non-hydrogen) atoms. The summed E-state index contributed by atoms with van der Waals surface area (Å²) in [7, 11) is 0. The van der Waals surface area contributed by atoms with E-state index in [0.717, 1.165) is 0 Å². The second-order valence-electron chi connectivity index (χ2n) is 16.8. The van der Waals surface area contributed by atoms with Crippen LogP contribution in [-0.2, 0) is 66.9 Å². The van der Waals surface area contributed by atoms with Crippen LogP contribution in [0.25, 0.3) is 0 Å². The van der Waals surface area contributed by atoms with Crippen molar-refractivity contribution in [3.8, 4) is 0 Å². The van der Waals surface area contributed by atoms with Crippen LogP contribution in [-0.4, -0.2) is 240 Å². The van der Waals surface area contributed by atoms with Crippen molar-refractivity contribution in [2.75, 3.05) is 46.1 Å². The zero-order valence-corrected chi connectivity index (χ0v) is 36.6. The van der Waals surface area contributed by atoms with Gasteiger partial charge in [0.1, 0.15) is 73.2 Å². The van der Waals surface area contributed by atoms with Crippen molar-refractivity contribution >= 4 is 35.6 Å². The lowest BCUT2D eigenvalue weighted by Gasteiger charge is -2.46. The molecule has 27 heteroatoms. The third kappa shape index (κ3) is 14.5. The highest BCUT2D eigenvalue weighted by Gasteiger charge is 2.52. The lowest BCUT2D eigenvalue weighted by atomic mass is 9.96. The Morgan fingerprint density at radius 2 is 0.940 bits per heavy atom. The molecule has 0 radical (unpaired) electrons. The number of hydrogen-bond donors (Lipinski definition) is 10. The fourth-order valence-electron chi connectivity index (χ4n) is 7.87. The fraction of sp³-hybridized carbons (Fsp3) is 0.850. The monoisotopic (exact) mass is 969 g/mol. The van der Waals surface area contributed by atoms with Gasteiger partial charge in [-0.15, -0.1) is 10.1 Å². The number of nitrogens with zero attached hydrogens (tertiary/aromatic N) is 3. The van der Waals surface area contributed by atoms with Gasteiger partial charge in [0.15, 0.2) is 18.9 Å². The lowest BCUT2D eigenvalue weighted by Crippen LogP contribution is -2.65. The summed E-state index contributed by atoms with van der Waals surface area (Å²) in [5.74, 6) is -3.87. The molecule has 382 valence electrons. The van der Waals surface area contributed by atoms with Gasteiger partial charge in [-0.2, -0.15) is 0 Å². The van der Waals surface area contributed by atoms with Gasteiger partial charge in [-0.05, 0) is 38.8 Å². The molecule has 0 saturated carbocycles. The molecule has 0 aromatic carbocycles. The van der Waals surface area contributed by atoms with Gasteiger partial charge in [-0.1, -0.05) is 12.8 Å². The fourth-order valence-corrected chi connectivity index (χ4v) is 7.87. The molecule has 0 aromatic heterocycles. The number of aliphatic hydroxyl groups is 10. The molecule has 5 saturated heterocycles. The van der Waals surface area contributed by atoms with E-state index in [1.165, 1.54) is 0 Å². The normalized spacial score (nSPS) is 34.9. The van der Waals surface area contributed by atoms with E-state index in [2.05, 4.69) is 0 Å². The average molecular weight is 970 g/mol. The maximum absolute atomic E-state index is 12.3. The number of carbonyl (C=O) groups is 6. The van der Waals surface area contributed by atoms with Crippen LogP contribution in [0.1, 0.15) is 77.0 Å². The minimum Gasteiger partial charge on any atom is -0.394 e. The summed E-state index contributed by atoms with van der Waals surface area (Å²) < 4.78 is 34.0. The molecule has 5 aliphatic rings. The second kappa shape index (κ2) is 25.9. The highest BCUT2D eigenvalue weighted by atomic mass is 16.8. The van der Waals surface area contributed by atoms with Crippen LogP contribution >= 0.6 is 0 Å². The van der Waals surface area contributed by atoms with Crippen LogP contribution < -0.4 is 0 Å². The molecule has 0 unspecified atom stereocenters. The SMILES string of the molecule is O=C(CCCCCN(CCCCCC(=O)ON1C(=O)CCC1=O)CCO[C@H]1O[C@H](CO[C@H]2O[C@H](CO)[C@@H](O)[C@H](O)[C@@H]2O)[C@@H](O)[C@H](O[C@H]2O[C@H](CO)[C@@H](O)[C@H](O)[C@@H]2O)[C@@H]1O)ON1C(=O)CCC1=O. The van der Waals surface area contributed by atoms with Crippen molar-refractivity contribution in [1.82, 2.24) is 15.0 Å². The number of unbranched alkanes of at least 4 members (excludes halogenated alkanes) is 4. The van der Waals surface area contributed by atoms with Gasteiger partial charge in [-0.25, -0.2) is 9.59 Å². The van der Waals surface area contributed by atoms with Gasteiger partial charge in [0.05, 0.1) is 26.4 Å². The Bertz CT molecular complexity index is 1570. The second-order valence-corrected chi connectivity index (χ2v) is 16.8. The van der Waals surface area contributed by atoms with E-state index in [4.69, 9.17) is 38.1 Å². The number of rotatable bonds is 25. The Labute approximate surface area is 383 Å². The molecule has 5 rings (SSSR count). The van der Waals surface area contributed by atoms with Gasteiger partial charge < -0.3 is 94.1 Å². The van der Waals surface area contributed by atoms with E-state index in [0.29, 0.717) is 61.7 Å². The lowest BCUT2D eigenvalue weighted by molar-refractivity contribution is -0.366. The van der Waals surface area contributed by atoms with E-state index in [9.17, 15) is 79.8 Å². The molecule has 0 bridgehead atoms. The van der Waals surface area contributed by atoms with Crippen LogP contribution in [0.5, 0.6) is 0 Å². The summed E-state index contributed by atoms with van der Waals surface area (Å²) in [4.78, 5) is 83.6. The molecule has 5 aliphatic heterocycles. The molecule has 4 amide bonds. The third-order valence-corrected chi connectivity index (χ3v) is 11.9. The third-order valence-electron chi connectivity index (χ3n) is 11.9. The van der Waals surface area contributed by atoms with Gasteiger partial charge in [0.25, 0.3) is 23.6 Å². The molecule has 15 atom stereocenters. The first-order valence-electron chi connectivity index (χ1n) is 22.3. The summed E-state index contributed by atoms with van der Waals surface area (Å²) >= 11 is 0. The number of carbonyl (C=O) groups excluding carboxylic acids is 6. The van der Waals surface area contributed by atoms with Gasteiger partial charge in [0.2, 0.25) is 0 Å². The average Bonchev–Trinajstić information content (AvgIpc) is 3.80. The zero-order chi connectivity index (χ0) is 48.9. The maximum atomic E-state index is 12.3. The summed E-state index contributed by atoms with van der Waals surface area (Å²) in [5, 5.41) is 105. The largest absolute Gasteiger partial charge is 0.394 e. The predicted octanol–water partition coefficient (Wildman–Crippen LogP) is -5.91. The van der Waals surface area contributed by atoms with Crippen molar-refractivity contribution < 1.29 is 118 Å². The molecular weight excluding hydrogens is 906 g/mol. The van der Waals surface area contributed by atoms with Crippen molar-refractivity contribution in [2.45, 2.75) is 169 Å². The zero-order valence-electron chi connectivity index (χ0n) is 36.6. The first kappa shape index (κ1) is 54.5. The standard InChI is InChI=1S/C40H63N3O24/c44-17-20-29(52)32(55)34(57)38(62-20)61-19-22-31(54)37(65-40-35(58)33(56)30(53)21(18-45)63-40)36(59)39(64-22)60-16-15-41(13-5-1-3-7-27(50)66-42-23(46)9-10-24(42)47)14-6-2-4-8-28(51)67-43-25(48)11-12-26(43)49/h20-22,29-40,44-45,52-59H,1-19H2/t20-,21-,22-,29-,30-,31-,32+,33+,34+,35+,36+,37+,38+,39+,40-/m1/s1. The smallest absolute Gasteiger partial charge is 0.333 e. The molecule has 27 nitrogen and oxygen atoms in total. The number of hydrogen-bond acceptors (Lipinski definition) is 25. The van der Waals surface area contributed by atoms with Crippen LogP contribution in [0.2, 0.25) is 0 Å². The Morgan fingerprint density at radius 1 is 0.507 bits per heavy atom. The van der Waals surface area contributed by atoms with E-state index in [1.54, 1.807) is 0 Å². The van der Waals surface area contributed by atoms with Gasteiger partial charge in [0, 0.05) is 45.1 Å². The summed E-state index contributed by atoms with van der Waals surface area (Å²) in [6, 6.07) is 0. The van der Waals surface area contributed by atoms with Crippen LogP contribution in [0.4, 0.5) is 0 Å². The van der Waals surface area contributed by atoms with Crippen molar-refractivity contribution in [3.05, 3.63) is 0 Å². The van der Waals surface area contributed by atoms with Crippen LogP contribution in [0, 0.1) is 0 Å². The molecule has 5 fully saturated rings. The molecular formula is C40H63N3O24. The van der Waals surface area contributed by atoms with Crippen molar-refractivity contribution in [2.24, 2.45) is 0 Å².